The SMILES string of the molecule is Cn1c(=O)n(Cc2cc(=O)[nH]c(NCc3cccc(F)c3)n2)c2ccccc21. The van der Waals surface area contributed by atoms with Crippen molar-refractivity contribution in [3.8, 4) is 0 Å². The third kappa shape index (κ3) is 3.44. The minimum absolute atomic E-state index is 0.165. The van der Waals surface area contributed by atoms with Crippen LogP contribution in [0.25, 0.3) is 11.0 Å². The molecule has 8 heteroatoms. The van der Waals surface area contributed by atoms with Crippen molar-refractivity contribution in [1.29, 1.82) is 0 Å². The molecular weight excluding hydrogens is 361 g/mol. The first kappa shape index (κ1) is 17.7. The standard InChI is InChI=1S/C20H18FN5O2/c1-25-16-7-2-3-8-17(16)26(20(25)28)12-15-10-18(27)24-19(23-15)22-11-13-5-4-6-14(21)9-13/h2-10H,11-12H2,1H3,(H2,22,23,24,27). The maximum atomic E-state index is 13.3. The predicted octanol–water partition coefficient (Wildman–Crippen LogP) is 2.22. The minimum Gasteiger partial charge on any atom is -0.352 e. The summed E-state index contributed by atoms with van der Waals surface area (Å²) in [5.74, 6) is -0.0649. The number of benzene rings is 2. The topological polar surface area (TPSA) is 84.7 Å². The Morgan fingerprint density at radius 2 is 1.86 bits per heavy atom. The number of anilines is 1. The van der Waals surface area contributed by atoms with Gasteiger partial charge < -0.3 is 5.32 Å². The summed E-state index contributed by atoms with van der Waals surface area (Å²) in [7, 11) is 1.71. The lowest BCUT2D eigenvalue weighted by molar-refractivity contribution is 0.626. The number of halogens is 1. The molecule has 0 amide bonds. The van der Waals surface area contributed by atoms with Crippen LogP contribution in [-0.4, -0.2) is 19.1 Å². The van der Waals surface area contributed by atoms with Crippen molar-refractivity contribution in [2.75, 3.05) is 5.32 Å². The molecule has 2 N–H and O–H groups in total. The third-order valence-electron chi connectivity index (χ3n) is 4.52. The van der Waals surface area contributed by atoms with Gasteiger partial charge in [-0.15, -0.1) is 0 Å². The van der Waals surface area contributed by atoms with Gasteiger partial charge in [0, 0.05) is 19.7 Å². The lowest BCUT2D eigenvalue weighted by Crippen LogP contribution is -2.24. The van der Waals surface area contributed by atoms with Gasteiger partial charge >= 0.3 is 5.69 Å². The van der Waals surface area contributed by atoms with E-state index in [2.05, 4.69) is 15.3 Å². The van der Waals surface area contributed by atoms with E-state index in [4.69, 9.17) is 0 Å². The fraction of sp³-hybridized carbons (Fsp3) is 0.150. The van der Waals surface area contributed by atoms with Gasteiger partial charge in [0.1, 0.15) is 5.82 Å². The summed E-state index contributed by atoms with van der Waals surface area (Å²) in [4.78, 5) is 31.6. The van der Waals surface area contributed by atoms with E-state index in [0.717, 1.165) is 16.6 Å². The largest absolute Gasteiger partial charge is 0.352 e. The Morgan fingerprint density at radius 3 is 2.64 bits per heavy atom. The average Bonchev–Trinajstić information content (AvgIpc) is 2.91. The Kier molecular flexibility index (Phi) is 4.52. The van der Waals surface area contributed by atoms with Crippen molar-refractivity contribution < 1.29 is 4.39 Å². The molecule has 0 aliphatic rings. The zero-order valence-corrected chi connectivity index (χ0v) is 15.1. The summed E-state index contributed by atoms with van der Waals surface area (Å²) in [6.07, 6.45) is 0. The van der Waals surface area contributed by atoms with Crippen LogP contribution in [-0.2, 0) is 20.1 Å². The Balaban J connectivity index is 1.62. The van der Waals surface area contributed by atoms with Gasteiger partial charge in [-0.05, 0) is 29.8 Å². The van der Waals surface area contributed by atoms with Crippen LogP contribution < -0.4 is 16.6 Å². The zero-order chi connectivity index (χ0) is 19.7. The van der Waals surface area contributed by atoms with Crippen molar-refractivity contribution in [3.05, 3.63) is 92.5 Å². The van der Waals surface area contributed by atoms with Gasteiger partial charge in [-0.2, -0.15) is 0 Å². The van der Waals surface area contributed by atoms with Crippen LogP contribution in [0.2, 0.25) is 0 Å². The second-order valence-corrected chi connectivity index (χ2v) is 6.49. The molecule has 0 aliphatic heterocycles. The lowest BCUT2D eigenvalue weighted by Gasteiger charge is -2.08. The van der Waals surface area contributed by atoms with E-state index in [0.29, 0.717) is 12.2 Å². The zero-order valence-electron chi connectivity index (χ0n) is 15.1. The maximum Gasteiger partial charge on any atom is 0.329 e. The molecule has 0 spiro atoms. The summed E-state index contributed by atoms with van der Waals surface area (Å²) < 4.78 is 16.4. The van der Waals surface area contributed by atoms with Crippen LogP contribution in [0.5, 0.6) is 0 Å². The van der Waals surface area contributed by atoms with Gasteiger partial charge in [0.25, 0.3) is 5.56 Å². The number of fused-ring (bicyclic) bond motifs is 1. The first-order chi connectivity index (χ1) is 13.5. The van der Waals surface area contributed by atoms with Crippen LogP contribution >= 0.6 is 0 Å². The number of nitrogens with zero attached hydrogens (tertiary/aromatic N) is 3. The number of aromatic nitrogens is 4. The van der Waals surface area contributed by atoms with Gasteiger partial charge in [0.15, 0.2) is 0 Å². The molecule has 0 saturated carbocycles. The molecule has 2 aromatic heterocycles. The van der Waals surface area contributed by atoms with Crippen LogP contribution in [0.4, 0.5) is 10.3 Å². The van der Waals surface area contributed by atoms with E-state index in [9.17, 15) is 14.0 Å². The molecule has 0 atom stereocenters. The summed E-state index contributed by atoms with van der Waals surface area (Å²) in [6, 6.07) is 15.0. The Labute approximate surface area is 159 Å². The summed E-state index contributed by atoms with van der Waals surface area (Å²) >= 11 is 0. The molecule has 0 fully saturated rings. The Bertz CT molecular complexity index is 1270. The molecule has 4 aromatic rings. The smallest absolute Gasteiger partial charge is 0.329 e. The number of hydrogen-bond acceptors (Lipinski definition) is 4. The first-order valence-electron chi connectivity index (χ1n) is 8.74. The van der Waals surface area contributed by atoms with Gasteiger partial charge in [-0.25, -0.2) is 14.2 Å². The number of imidazole rings is 1. The quantitative estimate of drug-likeness (QED) is 0.557. The first-order valence-corrected chi connectivity index (χ1v) is 8.74. The molecule has 2 heterocycles. The summed E-state index contributed by atoms with van der Waals surface area (Å²) in [5.41, 5.74) is 2.23. The molecule has 0 aliphatic carbocycles. The fourth-order valence-corrected chi connectivity index (χ4v) is 3.18. The van der Waals surface area contributed by atoms with Gasteiger partial charge in [-0.1, -0.05) is 24.3 Å². The lowest BCUT2D eigenvalue weighted by atomic mass is 10.2. The average molecular weight is 379 g/mol. The normalized spacial score (nSPS) is 11.1. The Morgan fingerprint density at radius 1 is 1.07 bits per heavy atom. The predicted molar refractivity (Wildman–Crippen MR) is 105 cm³/mol. The minimum atomic E-state index is -0.333. The molecule has 0 unspecified atom stereocenters. The highest BCUT2D eigenvalue weighted by molar-refractivity contribution is 5.75. The molecular formula is C20H18FN5O2. The van der Waals surface area contributed by atoms with Gasteiger partial charge in [-0.3, -0.25) is 18.9 Å². The molecule has 7 nitrogen and oxygen atoms in total. The van der Waals surface area contributed by atoms with E-state index in [-0.39, 0.29) is 29.6 Å². The maximum absolute atomic E-state index is 13.3. The molecule has 142 valence electrons. The van der Waals surface area contributed by atoms with E-state index in [1.165, 1.54) is 18.2 Å². The van der Waals surface area contributed by atoms with Crippen molar-refractivity contribution in [2.24, 2.45) is 7.05 Å². The number of hydrogen-bond donors (Lipinski definition) is 2. The highest BCUT2D eigenvalue weighted by Crippen LogP contribution is 2.13. The molecule has 2 aromatic carbocycles. The van der Waals surface area contributed by atoms with Crippen molar-refractivity contribution >= 4 is 17.0 Å². The second kappa shape index (κ2) is 7.15. The number of rotatable bonds is 5. The monoisotopic (exact) mass is 379 g/mol. The van der Waals surface area contributed by atoms with E-state index in [1.54, 1.807) is 28.3 Å². The number of aromatic amines is 1. The van der Waals surface area contributed by atoms with Crippen molar-refractivity contribution in [3.63, 3.8) is 0 Å². The number of H-pyrrole nitrogens is 1. The second-order valence-electron chi connectivity index (χ2n) is 6.49. The van der Waals surface area contributed by atoms with E-state index >= 15 is 0 Å². The molecule has 0 saturated heterocycles. The van der Waals surface area contributed by atoms with Gasteiger partial charge in [0.05, 0.1) is 23.3 Å². The Hall–Kier alpha value is -3.68. The van der Waals surface area contributed by atoms with Crippen LogP contribution in [0, 0.1) is 5.82 Å². The number of para-hydroxylation sites is 2. The molecule has 28 heavy (non-hydrogen) atoms. The third-order valence-corrected chi connectivity index (χ3v) is 4.52. The van der Waals surface area contributed by atoms with E-state index < -0.39 is 0 Å². The van der Waals surface area contributed by atoms with E-state index in [1.807, 2.05) is 24.3 Å². The molecule has 4 rings (SSSR count). The summed E-state index contributed by atoms with van der Waals surface area (Å²) in [5, 5.41) is 2.99. The number of nitrogens with one attached hydrogen (secondary N) is 2. The van der Waals surface area contributed by atoms with Crippen molar-refractivity contribution in [2.45, 2.75) is 13.1 Å². The van der Waals surface area contributed by atoms with Crippen molar-refractivity contribution in [1.82, 2.24) is 19.1 Å². The van der Waals surface area contributed by atoms with Crippen LogP contribution in [0.1, 0.15) is 11.3 Å². The molecule has 0 bridgehead atoms. The van der Waals surface area contributed by atoms with Crippen LogP contribution in [0.3, 0.4) is 0 Å². The highest BCUT2D eigenvalue weighted by Gasteiger charge is 2.12. The summed E-state index contributed by atoms with van der Waals surface area (Å²) in [6.45, 7) is 0.469. The molecule has 0 radical (unpaired) electrons. The van der Waals surface area contributed by atoms with Gasteiger partial charge in [0.2, 0.25) is 5.95 Å². The number of aryl methyl sites for hydroxylation is 1. The fourth-order valence-electron chi connectivity index (χ4n) is 3.18. The van der Waals surface area contributed by atoms with Crippen LogP contribution in [0.15, 0.2) is 64.2 Å². The highest BCUT2D eigenvalue weighted by atomic mass is 19.1.